The van der Waals surface area contributed by atoms with Crippen LogP contribution in [0.15, 0.2) is 30.3 Å². The van der Waals surface area contributed by atoms with Gasteiger partial charge in [0, 0.05) is 23.8 Å². The molecule has 0 aliphatic rings. The zero-order valence-corrected chi connectivity index (χ0v) is 18.4. The van der Waals surface area contributed by atoms with Gasteiger partial charge in [0.25, 0.3) is 5.91 Å². The first-order valence-electron chi connectivity index (χ1n) is 9.26. The number of hydrogen-bond donors (Lipinski definition) is 2. The molecule has 156 valence electrons. The Hall–Kier alpha value is -2.87. The molecule has 0 spiro atoms. The number of amides is 3. The first-order chi connectivity index (χ1) is 13.5. The molecule has 3 amide bonds. The van der Waals surface area contributed by atoms with Crippen LogP contribution >= 0.6 is 11.3 Å². The Kier molecular flexibility index (Phi) is 7.02. The molecule has 2 rings (SSSR count). The van der Waals surface area contributed by atoms with Gasteiger partial charge in [-0.25, -0.2) is 4.79 Å². The largest absolute Gasteiger partial charge is 0.449 e. The first kappa shape index (κ1) is 22.4. The van der Waals surface area contributed by atoms with Gasteiger partial charge in [0.15, 0.2) is 0 Å². The Morgan fingerprint density at radius 3 is 2.28 bits per heavy atom. The highest BCUT2D eigenvalue weighted by Gasteiger charge is 2.23. The number of rotatable bonds is 5. The molecule has 1 aromatic carbocycles. The summed E-state index contributed by atoms with van der Waals surface area (Å²) >= 11 is 1.24. The van der Waals surface area contributed by atoms with E-state index in [1.807, 2.05) is 27.7 Å². The summed E-state index contributed by atoms with van der Waals surface area (Å²) in [7, 11) is 1.62. The summed E-state index contributed by atoms with van der Waals surface area (Å²) in [6, 6.07) is 8.68. The lowest BCUT2D eigenvalue weighted by atomic mass is 9.96. The van der Waals surface area contributed by atoms with Crippen molar-refractivity contribution >= 4 is 45.6 Å². The van der Waals surface area contributed by atoms with Crippen molar-refractivity contribution in [2.45, 2.75) is 34.6 Å². The molecule has 0 fully saturated rings. The lowest BCUT2D eigenvalue weighted by Gasteiger charge is -2.17. The fourth-order valence-electron chi connectivity index (χ4n) is 2.35. The van der Waals surface area contributed by atoms with Crippen LogP contribution < -0.4 is 15.5 Å². The Morgan fingerprint density at radius 2 is 1.72 bits per heavy atom. The Balaban J connectivity index is 2.07. The molecule has 0 saturated heterocycles. The number of carbonyl (C=O) groups excluding carboxylic acids is 3. The summed E-state index contributed by atoms with van der Waals surface area (Å²) in [6.07, 6.45) is -0.441. The van der Waals surface area contributed by atoms with Crippen molar-refractivity contribution in [2.75, 3.05) is 29.2 Å². The highest BCUT2D eigenvalue weighted by molar-refractivity contribution is 7.18. The average molecular weight is 418 g/mol. The van der Waals surface area contributed by atoms with Gasteiger partial charge in [-0.1, -0.05) is 20.8 Å². The SMILES string of the molecule is CCOC(=O)N(C)c1ccc(NC(=O)c2sc(NC(=O)C(C)(C)C)cc2C)cc1. The molecule has 0 aliphatic carbocycles. The third-order valence-corrected chi connectivity index (χ3v) is 5.25. The maximum atomic E-state index is 12.6. The van der Waals surface area contributed by atoms with Crippen LogP contribution in [0.25, 0.3) is 0 Å². The van der Waals surface area contributed by atoms with Crippen molar-refractivity contribution in [1.82, 2.24) is 0 Å². The van der Waals surface area contributed by atoms with Gasteiger partial charge < -0.3 is 15.4 Å². The third kappa shape index (κ3) is 5.80. The summed E-state index contributed by atoms with van der Waals surface area (Å²) in [6.45, 7) is 9.38. The molecule has 7 nitrogen and oxygen atoms in total. The molecule has 0 radical (unpaired) electrons. The highest BCUT2D eigenvalue weighted by atomic mass is 32.1. The number of thiophene rings is 1. The van der Waals surface area contributed by atoms with Crippen molar-refractivity contribution in [2.24, 2.45) is 5.41 Å². The zero-order chi connectivity index (χ0) is 21.8. The topological polar surface area (TPSA) is 87.7 Å². The second-order valence-electron chi connectivity index (χ2n) is 7.59. The molecule has 0 bridgehead atoms. The minimum atomic E-state index is -0.515. The molecule has 0 aliphatic heterocycles. The van der Waals surface area contributed by atoms with Crippen LogP contribution in [-0.2, 0) is 9.53 Å². The fourth-order valence-corrected chi connectivity index (χ4v) is 3.31. The lowest BCUT2D eigenvalue weighted by Crippen LogP contribution is -2.27. The van der Waals surface area contributed by atoms with Crippen LogP contribution in [0.1, 0.15) is 42.9 Å². The van der Waals surface area contributed by atoms with E-state index in [0.717, 1.165) is 5.56 Å². The Bertz CT molecular complexity index is 898. The number of ether oxygens (including phenoxy) is 1. The molecule has 2 N–H and O–H groups in total. The van der Waals surface area contributed by atoms with Crippen LogP contribution in [0.3, 0.4) is 0 Å². The number of anilines is 3. The van der Waals surface area contributed by atoms with Crippen LogP contribution in [0.5, 0.6) is 0 Å². The Labute approximate surface area is 175 Å². The van der Waals surface area contributed by atoms with Gasteiger partial charge in [-0.2, -0.15) is 0 Å². The van der Waals surface area contributed by atoms with Gasteiger partial charge in [0.2, 0.25) is 5.91 Å². The van der Waals surface area contributed by atoms with E-state index in [9.17, 15) is 14.4 Å². The lowest BCUT2D eigenvalue weighted by molar-refractivity contribution is -0.123. The van der Waals surface area contributed by atoms with Crippen molar-refractivity contribution in [1.29, 1.82) is 0 Å². The normalized spacial score (nSPS) is 11.0. The molecule has 1 heterocycles. The van der Waals surface area contributed by atoms with E-state index in [1.165, 1.54) is 16.2 Å². The fraction of sp³-hybridized carbons (Fsp3) is 0.381. The smallest absolute Gasteiger partial charge is 0.413 e. The molecular formula is C21H27N3O4S. The van der Waals surface area contributed by atoms with Crippen LogP contribution in [-0.4, -0.2) is 31.6 Å². The molecule has 29 heavy (non-hydrogen) atoms. The van der Waals surface area contributed by atoms with E-state index in [4.69, 9.17) is 4.74 Å². The Morgan fingerprint density at radius 1 is 1.10 bits per heavy atom. The van der Waals surface area contributed by atoms with E-state index < -0.39 is 11.5 Å². The second kappa shape index (κ2) is 9.09. The van der Waals surface area contributed by atoms with Gasteiger partial charge in [-0.05, 0) is 49.7 Å². The first-order valence-corrected chi connectivity index (χ1v) is 10.1. The minimum Gasteiger partial charge on any atom is -0.449 e. The molecule has 8 heteroatoms. The summed E-state index contributed by atoms with van der Waals surface area (Å²) in [4.78, 5) is 38.5. The van der Waals surface area contributed by atoms with Gasteiger partial charge in [0.05, 0.1) is 16.5 Å². The molecule has 1 aromatic heterocycles. The molecule has 0 unspecified atom stereocenters. The number of carbonyl (C=O) groups is 3. The van der Waals surface area contributed by atoms with E-state index in [2.05, 4.69) is 10.6 Å². The van der Waals surface area contributed by atoms with Crippen molar-refractivity contribution in [3.05, 3.63) is 40.8 Å². The van der Waals surface area contributed by atoms with E-state index in [-0.39, 0.29) is 11.8 Å². The van der Waals surface area contributed by atoms with E-state index in [0.29, 0.717) is 27.9 Å². The van der Waals surface area contributed by atoms with Gasteiger partial charge in [0.1, 0.15) is 0 Å². The number of nitrogens with zero attached hydrogens (tertiary/aromatic N) is 1. The molecule has 2 aromatic rings. The molecule has 0 atom stereocenters. The summed E-state index contributed by atoms with van der Waals surface area (Å²) in [5.74, 6) is -0.359. The summed E-state index contributed by atoms with van der Waals surface area (Å²) in [5.41, 5.74) is 1.53. The van der Waals surface area contributed by atoms with Gasteiger partial charge in [-0.3, -0.25) is 14.5 Å². The summed E-state index contributed by atoms with van der Waals surface area (Å²) < 4.78 is 4.96. The molecular weight excluding hydrogens is 390 g/mol. The average Bonchev–Trinajstić information content (AvgIpc) is 3.01. The van der Waals surface area contributed by atoms with Crippen molar-refractivity contribution in [3.63, 3.8) is 0 Å². The third-order valence-electron chi connectivity index (χ3n) is 4.10. The second-order valence-corrected chi connectivity index (χ2v) is 8.64. The van der Waals surface area contributed by atoms with Crippen LogP contribution in [0.4, 0.5) is 21.2 Å². The van der Waals surface area contributed by atoms with Crippen molar-refractivity contribution < 1.29 is 19.1 Å². The minimum absolute atomic E-state index is 0.105. The monoisotopic (exact) mass is 417 g/mol. The van der Waals surface area contributed by atoms with Gasteiger partial charge in [-0.15, -0.1) is 11.3 Å². The highest BCUT2D eigenvalue weighted by Crippen LogP contribution is 2.29. The zero-order valence-electron chi connectivity index (χ0n) is 17.6. The quantitative estimate of drug-likeness (QED) is 0.725. The maximum absolute atomic E-state index is 12.6. The van der Waals surface area contributed by atoms with Gasteiger partial charge >= 0.3 is 6.09 Å². The summed E-state index contributed by atoms with van der Waals surface area (Å²) in [5, 5.41) is 6.33. The number of nitrogens with one attached hydrogen (secondary N) is 2. The number of benzene rings is 1. The number of hydrogen-bond acceptors (Lipinski definition) is 5. The van der Waals surface area contributed by atoms with E-state index >= 15 is 0 Å². The predicted molar refractivity (Wildman–Crippen MR) is 117 cm³/mol. The number of aryl methyl sites for hydroxylation is 1. The predicted octanol–water partition coefficient (Wildman–Crippen LogP) is 4.89. The van der Waals surface area contributed by atoms with Crippen molar-refractivity contribution in [3.8, 4) is 0 Å². The maximum Gasteiger partial charge on any atom is 0.413 e. The molecule has 0 saturated carbocycles. The van der Waals surface area contributed by atoms with Crippen LogP contribution in [0.2, 0.25) is 0 Å². The standard InChI is InChI=1S/C21H27N3O4S/c1-7-28-20(27)24(6)15-10-8-14(9-11-15)22-18(25)17-13(2)12-16(29-17)23-19(26)21(3,4)5/h8-12H,7H2,1-6H3,(H,22,25)(H,23,26). The van der Waals surface area contributed by atoms with E-state index in [1.54, 1.807) is 44.3 Å². The van der Waals surface area contributed by atoms with Crippen LogP contribution in [0, 0.1) is 12.3 Å².